The van der Waals surface area contributed by atoms with Gasteiger partial charge in [0.05, 0.1) is 13.7 Å². The van der Waals surface area contributed by atoms with Gasteiger partial charge in [-0.1, -0.05) is 12.1 Å². The molecule has 1 heterocycles. The van der Waals surface area contributed by atoms with Crippen molar-refractivity contribution < 1.29 is 14.3 Å². The van der Waals surface area contributed by atoms with Gasteiger partial charge in [-0.25, -0.2) is 0 Å². The second kappa shape index (κ2) is 9.60. The van der Waals surface area contributed by atoms with Crippen LogP contribution in [0.4, 0.5) is 0 Å². The van der Waals surface area contributed by atoms with Crippen LogP contribution in [0.1, 0.15) is 12.5 Å². The van der Waals surface area contributed by atoms with Gasteiger partial charge in [0, 0.05) is 24.6 Å². The molecule has 156 valence electrons. The van der Waals surface area contributed by atoms with Crippen molar-refractivity contribution in [3.05, 3.63) is 87.2 Å². The average Bonchev–Trinajstić information content (AvgIpc) is 2.77. The lowest BCUT2D eigenvalue weighted by atomic mass is 10.2. The average molecular weight is 409 g/mol. The maximum Gasteiger partial charge on any atom is 0.320 e. The van der Waals surface area contributed by atoms with Crippen LogP contribution in [0.5, 0.6) is 11.5 Å². The third kappa shape index (κ3) is 4.96. The summed E-state index contributed by atoms with van der Waals surface area (Å²) in [6.07, 6.45) is 2.89. The fourth-order valence-electron chi connectivity index (χ4n) is 2.90. The molecule has 0 unspecified atom stereocenters. The smallest absolute Gasteiger partial charge is 0.320 e. The van der Waals surface area contributed by atoms with Crippen molar-refractivity contribution in [2.45, 2.75) is 20.0 Å². The Morgan fingerprint density at radius 3 is 2.47 bits per heavy atom. The molecular formula is C22H23N3O5. The first kappa shape index (κ1) is 20.9. The Morgan fingerprint density at radius 1 is 1.00 bits per heavy atom. The predicted octanol–water partition coefficient (Wildman–Crippen LogP) is 1.72. The molecule has 1 amide bonds. The summed E-state index contributed by atoms with van der Waals surface area (Å²) >= 11 is 0. The largest absolute Gasteiger partial charge is 0.497 e. The lowest BCUT2D eigenvalue weighted by Crippen LogP contribution is -2.42. The van der Waals surface area contributed by atoms with Gasteiger partial charge in [0.2, 0.25) is 5.91 Å². The molecule has 3 aromatic rings. The zero-order valence-corrected chi connectivity index (χ0v) is 16.8. The third-order valence-corrected chi connectivity index (χ3v) is 4.42. The lowest BCUT2D eigenvalue weighted by molar-refractivity contribution is -0.121. The SMILES string of the molecule is CCOc1ccc(-n2ccn(CC(=O)NCc3cccc(OC)c3)c(=O)c2=O)cc1. The topological polar surface area (TPSA) is 91.6 Å². The first-order valence-corrected chi connectivity index (χ1v) is 9.46. The molecule has 1 N–H and O–H groups in total. The van der Waals surface area contributed by atoms with E-state index in [1.165, 1.54) is 17.0 Å². The van der Waals surface area contributed by atoms with Crippen molar-refractivity contribution in [3.63, 3.8) is 0 Å². The molecule has 0 aliphatic heterocycles. The van der Waals surface area contributed by atoms with E-state index in [2.05, 4.69) is 5.32 Å². The number of hydrogen-bond donors (Lipinski definition) is 1. The number of nitrogens with zero attached hydrogens (tertiary/aromatic N) is 2. The molecule has 2 aromatic carbocycles. The number of amides is 1. The summed E-state index contributed by atoms with van der Waals surface area (Å²) in [5.41, 5.74) is -0.110. The van der Waals surface area contributed by atoms with Gasteiger partial charge in [-0.15, -0.1) is 0 Å². The van der Waals surface area contributed by atoms with Gasteiger partial charge >= 0.3 is 11.1 Å². The highest BCUT2D eigenvalue weighted by Crippen LogP contribution is 2.14. The molecule has 1 aromatic heterocycles. The molecule has 0 aliphatic rings. The molecule has 0 bridgehead atoms. The number of carbonyl (C=O) groups excluding carboxylic acids is 1. The van der Waals surface area contributed by atoms with Crippen LogP contribution in [0.2, 0.25) is 0 Å². The van der Waals surface area contributed by atoms with Gasteiger partial charge < -0.3 is 14.8 Å². The summed E-state index contributed by atoms with van der Waals surface area (Å²) in [4.78, 5) is 37.2. The highest BCUT2D eigenvalue weighted by Gasteiger charge is 2.10. The van der Waals surface area contributed by atoms with Gasteiger partial charge in [0.15, 0.2) is 0 Å². The van der Waals surface area contributed by atoms with Gasteiger partial charge in [0.25, 0.3) is 0 Å². The Morgan fingerprint density at radius 2 is 1.77 bits per heavy atom. The first-order chi connectivity index (χ1) is 14.5. The van der Waals surface area contributed by atoms with Crippen LogP contribution >= 0.6 is 0 Å². The first-order valence-electron chi connectivity index (χ1n) is 9.46. The van der Waals surface area contributed by atoms with E-state index in [0.717, 1.165) is 10.1 Å². The second-order valence-electron chi connectivity index (χ2n) is 6.46. The third-order valence-electron chi connectivity index (χ3n) is 4.42. The summed E-state index contributed by atoms with van der Waals surface area (Å²) in [7, 11) is 1.57. The quantitative estimate of drug-likeness (QED) is 0.572. The summed E-state index contributed by atoms with van der Waals surface area (Å²) in [6, 6.07) is 14.1. The number of benzene rings is 2. The zero-order valence-electron chi connectivity index (χ0n) is 16.8. The van der Waals surface area contributed by atoms with E-state index in [1.54, 1.807) is 31.4 Å². The van der Waals surface area contributed by atoms with Crippen LogP contribution in [-0.2, 0) is 17.9 Å². The molecule has 3 rings (SSSR count). The van der Waals surface area contributed by atoms with Crippen molar-refractivity contribution in [3.8, 4) is 17.2 Å². The molecule has 0 radical (unpaired) electrons. The molecule has 0 saturated carbocycles. The molecule has 0 saturated heterocycles. The minimum atomic E-state index is -0.775. The van der Waals surface area contributed by atoms with E-state index in [0.29, 0.717) is 23.8 Å². The summed E-state index contributed by atoms with van der Waals surface area (Å²) in [5, 5.41) is 2.73. The Kier molecular flexibility index (Phi) is 6.69. The molecular weight excluding hydrogens is 386 g/mol. The predicted molar refractivity (Wildman–Crippen MR) is 112 cm³/mol. The Balaban J connectivity index is 1.69. The molecule has 0 fully saturated rings. The van der Waals surface area contributed by atoms with E-state index in [1.807, 2.05) is 31.2 Å². The minimum absolute atomic E-state index is 0.248. The van der Waals surface area contributed by atoms with E-state index in [4.69, 9.17) is 9.47 Å². The van der Waals surface area contributed by atoms with Crippen molar-refractivity contribution in [2.75, 3.05) is 13.7 Å². The summed E-state index contributed by atoms with van der Waals surface area (Å²) < 4.78 is 12.9. The second-order valence-corrected chi connectivity index (χ2v) is 6.46. The van der Waals surface area contributed by atoms with E-state index in [-0.39, 0.29) is 19.0 Å². The number of hydrogen-bond acceptors (Lipinski definition) is 5. The van der Waals surface area contributed by atoms with Crippen LogP contribution < -0.4 is 25.9 Å². The van der Waals surface area contributed by atoms with E-state index in [9.17, 15) is 14.4 Å². The standard InChI is InChI=1S/C22H23N3O5/c1-3-30-18-9-7-17(8-10-18)25-12-11-24(21(27)22(25)28)15-20(26)23-14-16-5-4-6-19(13-16)29-2/h4-13H,3,14-15H2,1-2H3,(H,23,26). The molecule has 0 aliphatic carbocycles. The normalized spacial score (nSPS) is 10.5. The van der Waals surface area contributed by atoms with Crippen LogP contribution in [0.3, 0.4) is 0 Å². The maximum atomic E-state index is 12.5. The number of carbonyl (C=O) groups is 1. The van der Waals surface area contributed by atoms with Gasteiger partial charge in [-0.05, 0) is 48.9 Å². The van der Waals surface area contributed by atoms with Crippen molar-refractivity contribution in [1.29, 1.82) is 0 Å². The summed E-state index contributed by atoms with van der Waals surface area (Å²) in [6.45, 7) is 2.45. The van der Waals surface area contributed by atoms with Crippen LogP contribution in [0.25, 0.3) is 5.69 Å². The van der Waals surface area contributed by atoms with Gasteiger partial charge in [-0.2, -0.15) is 0 Å². The number of aromatic nitrogens is 2. The monoisotopic (exact) mass is 409 g/mol. The molecule has 8 nitrogen and oxygen atoms in total. The van der Waals surface area contributed by atoms with Crippen LogP contribution in [0.15, 0.2) is 70.5 Å². The van der Waals surface area contributed by atoms with Crippen LogP contribution in [-0.4, -0.2) is 28.8 Å². The molecule has 0 atom stereocenters. The van der Waals surface area contributed by atoms with Crippen molar-refractivity contribution >= 4 is 5.91 Å². The summed E-state index contributed by atoms with van der Waals surface area (Å²) in [5.74, 6) is 0.990. The highest BCUT2D eigenvalue weighted by atomic mass is 16.5. The molecule has 8 heteroatoms. The lowest BCUT2D eigenvalue weighted by Gasteiger charge is -2.11. The van der Waals surface area contributed by atoms with Crippen LogP contribution in [0, 0.1) is 0 Å². The Hall–Kier alpha value is -3.81. The van der Waals surface area contributed by atoms with Crippen molar-refractivity contribution in [1.82, 2.24) is 14.5 Å². The van der Waals surface area contributed by atoms with Crippen molar-refractivity contribution in [2.24, 2.45) is 0 Å². The zero-order chi connectivity index (χ0) is 21.5. The Labute approximate surface area is 173 Å². The highest BCUT2D eigenvalue weighted by molar-refractivity contribution is 5.75. The van der Waals surface area contributed by atoms with E-state index >= 15 is 0 Å². The maximum absolute atomic E-state index is 12.5. The fraction of sp³-hybridized carbons (Fsp3) is 0.227. The molecule has 0 spiro atoms. The minimum Gasteiger partial charge on any atom is -0.497 e. The number of nitrogens with one attached hydrogen (secondary N) is 1. The Bertz CT molecular complexity index is 1130. The molecule has 30 heavy (non-hydrogen) atoms. The van der Waals surface area contributed by atoms with Gasteiger partial charge in [-0.3, -0.25) is 23.5 Å². The number of ether oxygens (including phenoxy) is 2. The van der Waals surface area contributed by atoms with Gasteiger partial charge in [0.1, 0.15) is 18.0 Å². The number of rotatable bonds is 8. The fourth-order valence-corrected chi connectivity index (χ4v) is 2.90. The van der Waals surface area contributed by atoms with E-state index < -0.39 is 11.1 Å². The number of methoxy groups -OCH3 is 1.